The Labute approximate surface area is 123 Å². The van der Waals surface area contributed by atoms with E-state index in [0.717, 1.165) is 38.6 Å². The zero-order valence-corrected chi connectivity index (χ0v) is 13.1. The van der Waals surface area contributed by atoms with Gasteiger partial charge in [-0.3, -0.25) is 4.99 Å². The molecule has 116 valence electrons. The fourth-order valence-corrected chi connectivity index (χ4v) is 3.03. The van der Waals surface area contributed by atoms with Crippen molar-refractivity contribution in [2.24, 2.45) is 10.7 Å². The number of rotatable bonds is 4. The van der Waals surface area contributed by atoms with E-state index in [0.29, 0.717) is 0 Å². The molecule has 0 saturated carbocycles. The van der Waals surface area contributed by atoms with Gasteiger partial charge in [0.2, 0.25) is 0 Å². The van der Waals surface area contributed by atoms with Gasteiger partial charge in [0, 0.05) is 32.7 Å². The molecule has 2 N–H and O–H groups in total. The van der Waals surface area contributed by atoms with Gasteiger partial charge in [-0.15, -0.1) is 0 Å². The maximum absolute atomic E-state index is 6.07. The molecule has 0 radical (unpaired) electrons. The number of hydrogen-bond acceptors (Lipinski definition) is 3. The molecule has 2 heterocycles. The highest BCUT2D eigenvalue weighted by atomic mass is 15.3. The summed E-state index contributed by atoms with van der Waals surface area (Å²) in [5, 5.41) is 0. The lowest BCUT2D eigenvalue weighted by Gasteiger charge is -2.27. The molecule has 0 unspecified atom stereocenters. The van der Waals surface area contributed by atoms with Crippen molar-refractivity contribution in [3.8, 4) is 0 Å². The van der Waals surface area contributed by atoms with Gasteiger partial charge in [0.25, 0.3) is 0 Å². The highest BCUT2D eigenvalue weighted by Gasteiger charge is 2.12. The monoisotopic (exact) mass is 281 g/mol. The summed E-state index contributed by atoms with van der Waals surface area (Å²) in [6.45, 7) is 9.06. The predicted molar refractivity (Wildman–Crippen MR) is 85.1 cm³/mol. The number of piperidine rings is 1. The molecule has 0 bridgehead atoms. The molecule has 0 aromatic heterocycles. The van der Waals surface area contributed by atoms with E-state index >= 15 is 0 Å². The Hall–Kier alpha value is -0.810. The van der Waals surface area contributed by atoms with Crippen LogP contribution in [0.25, 0.3) is 0 Å². The van der Waals surface area contributed by atoms with Crippen molar-refractivity contribution in [1.29, 1.82) is 0 Å². The van der Waals surface area contributed by atoms with Gasteiger partial charge in [0.15, 0.2) is 5.96 Å². The second-order valence-electron chi connectivity index (χ2n) is 6.14. The van der Waals surface area contributed by atoms with Crippen LogP contribution in [0.15, 0.2) is 4.99 Å². The zero-order chi connectivity index (χ0) is 14.2. The molecule has 0 amide bonds. The zero-order valence-electron chi connectivity index (χ0n) is 13.1. The number of nitrogens with zero attached hydrogens (tertiary/aromatic N) is 4. The molecule has 0 atom stereocenters. The summed E-state index contributed by atoms with van der Waals surface area (Å²) in [7, 11) is 2.22. The molecule has 0 aromatic carbocycles. The minimum Gasteiger partial charge on any atom is -0.370 e. The Morgan fingerprint density at radius 2 is 1.75 bits per heavy atom. The minimum atomic E-state index is 0.764. The first-order chi connectivity index (χ1) is 9.75. The van der Waals surface area contributed by atoms with Crippen molar-refractivity contribution in [1.82, 2.24) is 14.7 Å². The van der Waals surface area contributed by atoms with E-state index in [-0.39, 0.29) is 0 Å². The number of likely N-dealkylation sites (N-methyl/N-ethyl adjacent to an activating group) is 1. The van der Waals surface area contributed by atoms with Gasteiger partial charge in [0.05, 0.1) is 0 Å². The highest BCUT2D eigenvalue weighted by molar-refractivity contribution is 5.78. The fraction of sp³-hybridized carbons (Fsp3) is 0.933. The Morgan fingerprint density at radius 3 is 2.55 bits per heavy atom. The quantitative estimate of drug-likeness (QED) is 0.471. The molecule has 20 heavy (non-hydrogen) atoms. The molecule has 0 aliphatic carbocycles. The first-order valence-electron chi connectivity index (χ1n) is 8.21. The molecule has 0 spiro atoms. The second-order valence-corrected chi connectivity index (χ2v) is 6.14. The van der Waals surface area contributed by atoms with Crippen LogP contribution >= 0.6 is 0 Å². The summed E-state index contributed by atoms with van der Waals surface area (Å²) in [5.74, 6) is 0.764. The van der Waals surface area contributed by atoms with E-state index in [1.807, 2.05) is 0 Å². The Morgan fingerprint density at radius 1 is 0.950 bits per heavy atom. The van der Waals surface area contributed by atoms with Crippen molar-refractivity contribution in [3.05, 3.63) is 0 Å². The van der Waals surface area contributed by atoms with Gasteiger partial charge >= 0.3 is 0 Å². The van der Waals surface area contributed by atoms with Gasteiger partial charge in [-0.05, 0) is 58.8 Å². The maximum Gasteiger partial charge on any atom is 0.191 e. The van der Waals surface area contributed by atoms with Crippen molar-refractivity contribution >= 4 is 5.96 Å². The van der Waals surface area contributed by atoms with Crippen molar-refractivity contribution < 1.29 is 0 Å². The Balaban J connectivity index is 1.62. The fourth-order valence-electron chi connectivity index (χ4n) is 3.03. The number of aliphatic imine (C=N–C) groups is 1. The van der Waals surface area contributed by atoms with Crippen LogP contribution in [-0.4, -0.2) is 80.1 Å². The predicted octanol–water partition coefficient (Wildman–Crippen LogP) is 0.815. The Kier molecular flexibility index (Phi) is 6.60. The normalized spacial score (nSPS) is 23.9. The van der Waals surface area contributed by atoms with E-state index in [4.69, 9.17) is 5.73 Å². The van der Waals surface area contributed by atoms with Crippen LogP contribution in [0.1, 0.15) is 32.1 Å². The smallest absolute Gasteiger partial charge is 0.191 e. The molecular formula is C15H31N5. The van der Waals surface area contributed by atoms with Crippen LogP contribution in [-0.2, 0) is 0 Å². The average molecular weight is 281 g/mol. The summed E-state index contributed by atoms with van der Waals surface area (Å²) >= 11 is 0. The third-order valence-corrected chi connectivity index (χ3v) is 4.40. The van der Waals surface area contributed by atoms with Crippen LogP contribution in [0.4, 0.5) is 0 Å². The maximum atomic E-state index is 6.07. The lowest BCUT2D eigenvalue weighted by Crippen LogP contribution is -2.41. The highest BCUT2D eigenvalue weighted by Crippen LogP contribution is 2.08. The number of hydrogen-bond donors (Lipinski definition) is 1. The van der Waals surface area contributed by atoms with E-state index in [1.54, 1.807) is 0 Å². The van der Waals surface area contributed by atoms with E-state index < -0.39 is 0 Å². The molecular weight excluding hydrogens is 250 g/mol. The van der Waals surface area contributed by atoms with Gasteiger partial charge in [0.1, 0.15) is 0 Å². The largest absolute Gasteiger partial charge is 0.370 e. The summed E-state index contributed by atoms with van der Waals surface area (Å²) in [6.07, 6.45) is 6.27. The molecule has 5 heteroatoms. The van der Waals surface area contributed by atoms with Crippen molar-refractivity contribution in [3.63, 3.8) is 0 Å². The molecule has 0 aromatic rings. The molecule has 2 aliphatic rings. The van der Waals surface area contributed by atoms with Crippen LogP contribution in [0.2, 0.25) is 0 Å². The van der Waals surface area contributed by atoms with E-state index in [9.17, 15) is 0 Å². The number of guanidine groups is 1. The van der Waals surface area contributed by atoms with Gasteiger partial charge in [-0.2, -0.15) is 0 Å². The van der Waals surface area contributed by atoms with Crippen LogP contribution < -0.4 is 5.73 Å². The third-order valence-electron chi connectivity index (χ3n) is 4.40. The molecule has 2 aliphatic heterocycles. The first-order valence-corrected chi connectivity index (χ1v) is 8.21. The molecule has 5 nitrogen and oxygen atoms in total. The standard InChI is InChI=1S/C15H31N5/c1-18-8-6-10-19(14-13-18)9-5-7-17-15(16)20-11-3-2-4-12-20/h2-14H2,1H3,(H2,16,17). The van der Waals surface area contributed by atoms with Gasteiger partial charge in [-0.25, -0.2) is 0 Å². The Bertz CT molecular complexity index is 299. The second kappa shape index (κ2) is 8.47. The molecule has 2 saturated heterocycles. The summed E-state index contributed by atoms with van der Waals surface area (Å²) in [5.41, 5.74) is 6.07. The third kappa shape index (κ3) is 5.29. The van der Waals surface area contributed by atoms with Crippen molar-refractivity contribution in [2.45, 2.75) is 32.1 Å². The van der Waals surface area contributed by atoms with E-state index in [2.05, 4.69) is 26.7 Å². The average Bonchev–Trinajstić information content (AvgIpc) is 2.69. The van der Waals surface area contributed by atoms with Gasteiger partial charge < -0.3 is 20.4 Å². The van der Waals surface area contributed by atoms with Crippen LogP contribution in [0.5, 0.6) is 0 Å². The number of nitrogens with two attached hydrogens (primary N) is 1. The van der Waals surface area contributed by atoms with Crippen LogP contribution in [0.3, 0.4) is 0 Å². The lowest BCUT2D eigenvalue weighted by molar-refractivity contribution is 0.274. The number of likely N-dealkylation sites (tertiary alicyclic amines) is 1. The summed E-state index contributed by atoms with van der Waals surface area (Å²) in [4.78, 5) is 11.8. The molecule has 2 fully saturated rings. The topological polar surface area (TPSA) is 48.1 Å². The molecule has 2 rings (SSSR count). The minimum absolute atomic E-state index is 0.764. The summed E-state index contributed by atoms with van der Waals surface area (Å²) in [6, 6.07) is 0. The summed E-state index contributed by atoms with van der Waals surface area (Å²) < 4.78 is 0. The lowest BCUT2D eigenvalue weighted by atomic mass is 10.1. The van der Waals surface area contributed by atoms with E-state index in [1.165, 1.54) is 51.9 Å². The first kappa shape index (κ1) is 15.6. The van der Waals surface area contributed by atoms with Crippen LogP contribution in [0, 0.1) is 0 Å². The SMILES string of the molecule is CN1CCCN(CCCN=C(N)N2CCCCC2)CC1. The van der Waals surface area contributed by atoms with Crippen molar-refractivity contribution in [2.75, 3.05) is 59.4 Å². The van der Waals surface area contributed by atoms with Gasteiger partial charge in [-0.1, -0.05) is 0 Å².